The number of benzene rings is 3. The fraction of sp³-hybridized carbons (Fsp3) is 0.296. The predicted octanol–water partition coefficient (Wildman–Crippen LogP) is 5.35. The van der Waals surface area contributed by atoms with E-state index in [9.17, 15) is 4.79 Å². The molecule has 1 N–H and O–H groups in total. The molecule has 0 spiro atoms. The molecule has 0 bridgehead atoms. The minimum absolute atomic E-state index is 0.0156. The van der Waals surface area contributed by atoms with Crippen molar-refractivity contribution in [2.45, 2.75) is 12.2 Å². The highest BCUT2D eigenvalue weighted by Gasteiger charge is 2.06. The number of hydrogen-bond donors (Lipinski definition) is 1. The van der Waals surface area contributed by atoms with Crippen LogP contribution < -0.4 is 10.1 Å². The van der Waals surface area contributed by atoms with Crippen molar-refractivity contribution >= 4 is 17.7 Å². The van der Waals surface area contributed by atoms with Crippen molar-refractivity contribution in [3.05, 3.63) is 90.0 Å². The molecule has 0 saturated carbocycles. The molecule has 0 radical (unpaired) electrons. The molecule has 5 heteroatoms. The van der Waals surface area contributed by atoms with Crippen LogP contribution in [-0.4, -0.2) is 50.4 Å². The Morgan fingerprint density at radius 2 is 1.72 bits per heavy atom. The average Bonchev–Trinajstić information content (AvgIpc) is 2.82. The zero-order valence-electron chi connectivity index (χ0n) is 18.9. The monoisotopic (exact) mass is 448 g/mol. The quantitative estimate of drug-likeness (QED) is 0.379. The molecule has 1 amide bonds. The van der Waals surface area contributed by atoms with Gasteiger partial charge in [-0.1, -0.05) is 54.6 Å². The molecule has 4 nitrogen and oxygen atoms in total. The number of amides is 1. The Labute approximate surface area is 196 Å². The molecule has 0 unspecified atom stereocenters. The zero-order chi connectivity index (χ0) is 22.6. The van der Waals surface area contributed by atoms with Gasteiger partial charge in [0.15, 0.2) is 0 Å². The fourth-order valence-corrected chi connectivity index (χ4v) is 4.04. The van der Waals surface area contributed by atoms with Crippen LogP contribution >= 0.6 is 11.8 Å². The van der Waals surface area contributed by atoms with Gasteiger partial charge in [0.05, 0.1) is 6.61 Å². The number of hydrogen-bond acceptors (Lipinski definition) is 4. The summed E-state index contributed by atoms with van der Waals surface area (Å²) in [6.45, 7) is 2.36. The largest absolute Gasteiger partial charge is 0.493 e. The van der Waals surface area contributed by atoms with Crippen LogP contribution in [0.5, 0.6) is 5.75 Å². The average molecular weight is 449 g/mol. The van der Waals surface area contributed by atoms with Gasteiger partial charge in [0.1, 0.15) is 5.75 Å². The minimum atomic E-state index is -0.0156. The van der Waals surface area contributed by atoms with Gasteiger partial charge >= 0.3 is 0 Å². The summed E-state index contributed by atoms with van der Waals surface area (Å²) in [6, 6.07) is 26.4. The van der Waals surface area contributed by atoms with Crippen LogP contribution in [0.1, 0.15) is 22.3 Å². The van der Waals surface area contributed by atoms with Gasteiger partial charge in [-0.3, -0.25) is 4.79 Å². The van der Waals surface area contributed by atoms with E-state index in [2.05, 4.69) is 34.5 Å². The molecule has 0 aromatic heterocycles. The third-order valence-electron chi connectivity index (χ3n) is 4.98. The second-order valence-electron chi connectivity index (χ2n) is 7.90. The second kappa shape index (κ2) is 12.9. The van der Waals surface area contributed by atoms with Gasteiger partial charge in [-0.05, 0) is 68.0 Å². The lowest BCUT2D eigenvalue weighted by molar-refractivity contribution is 0.0952. The fourth-order valence-electron chi connectivity index (χ4n) is 3.28. The Bertz CT molecular complexity index is 959. The van der Waals surface area contributed by atoms with Gasteiger partial charge in [0, 0.05) is 23.6 Å². The van der Waals surface area contributed by atoms with E-state index in [-0.39, 0.29) is 5.91 Å². The minimum Gasteiger partial charge on any atom is -0.493 e. The van der Waals surface area contributed by atoms with Crippen LogP contribution in [-0.2, 0) is 5.75 Å². The van der Waals surface area contributed by atoms with Crippen LogP contribution in [0.4, 0.5) is 0 Å². The van der Waals surface area contributed by atoms with Crippen LogP contribution in [0.3, 0.4) is 0 Å². The molecular formula is C27H32N2O2S. The number of nitrogens with zero attached hydrogens (tertiary/aromatic N) is 1. The number of nitrogens with one attached hydrogen (secondary N) is 1. The van der Waals surface area contributed by atoms with Gasteiger partial charge in [-0.25, -0.2) is 0 Å². The smallest absolute Gasteiger partial charge is 0.251 e. The number of ether oxygens (including phenoxy) is 1. The predicted molar refractivity (Wildman–Crippen MR) is 135 cm³/mol. The topological polar surface area (TPSA) is 41.6 Å². The highest BCUT2D eigenvalue weighted by atomic mass is 32.2. The van der Waals surface area contributed by atoms with E-state index in [0.717, 1.165) is 35.8 Å². The van der Waals surface area contributed by atoms with Crippen molar-refractivity contribution in [2.75, 3.05) is 39.5 Å². The Hall–Kier alpha value is -2.76. The maximum absolute atomic E-state index is 12.3. The van der Waals surface area contributed by atoms with Gasteiger partial charge < -0.3 is 15.0 Å². The van der Waals surface area contributed by atoms with Gasteiger partial charge in [0.2, 0.25) is 0 Å². The van der Waals surface area contributed by atoms with Crippen LogP contribution in [0, 0.1) is 0 Å². The molecule has 0 aliphatic rings. The summed E-state index contributed by atoms with van der Waals surface area (Å²) in [4.78, 5) is 14.4. The van der Waals surface area contributed by atoms with Crippen LogP contribution in [0.2, 0.25) is 0 Å². The van der Waals surface area contributed by atoms with Gasteiger partial charge in [-0.15, -0.1) is 0 Å². The van der Waals surface area contributed by atoms with E-state index >= 15 is 0 Å². The van der Waals surface area contributed by atoms with Crippen LogP contribution in [0.15, 0.2) is 78.9 Å². The third-order valence-corrected chi connectivity index (χ3v) is 5.98. The van der Waals surface area contributed by atoms with Crippen molar-refractivity contribution in [3.8, 4) is 16.9 Å². The third kappa shape index (κ3) is 8.06. The number of carbonyl (C=O) groups is 1. The first-order valence-electron chi connectivity index (χ1n) is 11.0. The van der Waals surface area contributed by atoms with E-state index in [4.69, 9.17) is 4.74 Å². The highest BCUT2D eigenvalue weighted by Crippen LogP contribution is 2.23. The highest BCUT2D eigenvalue weighted by molar-refractivity contribution is 7.98. The Kier molecular flexibility index (Phi) is 9.66. The molecule has 3 rings (SSSR count). The molecular weight excluding hydrogens is 416 g/mol. The lowest BCUT2D eigenvalue weighted by Crippen LogP contribution is -2.27. The number of rotatable bonds is 12. The van der Waals surface area contributed by atoms with Gasteiger partial charge in [-0.2, -0.15) is 11.8 Å². The number of thioether (sulfide) groups is 1. The molecule has 3 aromatic carbocycles. The summed E-state index contributed by atoms with van der Waals surface area (Å²) in [6.07, 6.45) is 0.944. The molecule has 32 heavy (non-hydrogen) atoms. The number of para-hydroxylation sites is 1. The van der Waals surface area contributed by atoms with Crippen molar-refractivity contribution < 1.29 is 9.53 Å². The molecule has 0 aliphatic heterocycles. The second-order valence-corrected chi connectivity index (χ2v) is 9.01. The summed E-state index contributed by atoms with van der Waals surface area (Å²) in [7, 11) is 4.07. The lowest BCUT2D eigenvalue weighted by atomic mass is 10.0. The zero-order valence-corrected chi connectivity index (χ0v) is 19.7. The molecule has 0 fully saturated rings. The molecule has 3 aromatic rings. The first-order valence-corrected chi connectivity index (χ1v) is 12.2. The van der Waals surface area contributed by atoms with E-state index in [1.165, 1.54) is 11.1 Å². The molecule has 0 atom stereocenters. The van der Waals surface area contributed by atoms with Crippen LogP contribution in [0.25, 0.3) is 11.1 Å². The lowest BCUT2D eigenvalue weighted by Gasteiger charge is -2.10. The normalized spacial score (nSPS) is 10.8. The summed E-state index contributed by atoms with van der Waals surface area (Å²) in [5, 5.41) is 2.99. The first kappa shape index (κ1) is 23.9. The van der Waals surface area contributed by atoms with Crippen molar-refractivity contribution in [2.24, 2.45) is 0 Å². The van der Waals surface area contributed by atoms with Crippen molar-refractivity contribution in [1.82, 2.24) is 10.2 Å². The Balaban J connectivity index is 1.46. The standard InChI is InChI=1S/C27H32N2O2S/c1-29(2)17-7-16-28-27(30)24-14-12-23(13-15-24)25-9-6-8-22(20-25)21-32-19-18-31-26-10-4-3-5-11-26/h3-6,8-15,20H,7,16-19,21H2,1-2H3,(H,28,30). The molecule has 0 aliphatic carbocycles. The summed E-state index contributed by atoms with van der Waals surface area (Å²) >= 11 is 1.87. The summed E-state index contributed by atoms with van der Waals surface area (Å²) in [5.41, 5.74) is 4.27. The van der Waals surface area contributed by atoms with E-state index in [1.54, 1.807) is 0 Å². The van der Waals surface area contributed by atoms with Gasteiger partial charge in [0.25, 0.3) is 5.91 Å². The van der Waals surface area contributed by atoms with E-state index in [0.29, 0.717) is 18.7 Å². The van der Waals surface area contributed by atoms with Crippen molar-refractivity contribution in [1.29, 1.82) is 0 Å². The summed E-state index contributed by atoms with van der Waals surface area (Å²) in [5.74, 6) is 2.79. The SMILES string of the molecule is CN(C)CCCNC(=O)c1ccc(-c2cccc(CSCCOc3ccccc3)c2)cc1. The Morgan fingerprint density at radius 3 is 2.47 bits per heavy atom. The van der Waals surface area contributed by atoms with E-state index < -0.39 is 0 Å². The molecule has 168 valence electrons. The maximum Gasteiger partial charge on any atom is 0.251 e. The Morgan fingerprint density at radius 1 is 0.938 bits per heavy atom. The molecule has 0 saturated heterocycles. The van der Waals surface area contributed by atoms with Crippen molar-refractivity contribution in [3.63, 3.8) is 0 Å². The van der Waals surface area contributed by atoms with E-state index in [1.807, 2.05) is 80.5 Å². The summed E-state index contributed by atoms with van der Waals surface area (Å²) < 4.78 is 5.75. The first-order chi connectivity index (χ1) is 15.6. The maximum atomic E-state index is 12.3. The number of carbonyl (C=O) groups excluding carboxylic acids is 1. The molecule has 0 heterocycles.